The van der Waals surface area contributed by atoms with Crippen molar-refractivity contribution < 1.29 is 4.90 Å². The SMILES string of the molecule is CC(C)(C)[NH+]1CSC(=S)N(Cc2ccccc2)C1. The number of quaternary nitrogens is 1. The number of thioether (sulfide) groups is 1. The molecular weight excluding hydrogens is 260 g/mol. The van der Waals surface area contributed by atoms with Crippen LogP contribution >= 0.6 is 24.0 Å². The molecule has 1 aliphatic heterocycles. The number of thiocarbonyl (C=S) groups is 1. The van der Waals surface area contributed by atoms with Gasteiger partial charge in [-0.2, -0.15) is 0 Å². The standard InChI is InChI=1S/C14H20N2S2/c1-14(2,3)16-10-15(13(17)18-11-16)9-12-7-5-4-6-8-12/h4-8H,9-11H2,1-3H3/p+1. The molecule has 0 aromatic heterocycles. The Hall–Kier alpha value is -0.580. The van der Waals surface area contributed by atoms with Crippen molar-refractivity contribution in [3.8, 4) is 0 Å². The first kappa shape index (κ1) is 13.8. The van der Waals surface area contributed by atoms with Crippen LogP contribution in [-0.2, 0) is 6.54 Å². The molecule has 0 amide bonds. The van der Waals surface area contributed by atoms with Gasteiger partial charge in [-0.05, 0) is 38.1 Å². The predicted octanol–water partition coefficient (Wildman–Crippen LogP) is 2.12. The molecule has 1 aromatic carbocycles. The first-order valence-electron chi connectivity index (χ1n) is 6.27. The van der Waals surface area contributed by atoms with Crippen LogP contribution in [0.2, 0.25) is 0 Å². The summed E-state index contributed by atoms with van der Waals surface area (Å²) in [7, 11) is 0. The Morgan fingerprint density at radius 3 is 2.56 bits per heavy atom. The summed E-state index contributed by atoms with van der Waals surface area (Å²) in [6.45, 7) is 8.80. The summed E-state index contributed by atoms with van der Waals surface area (Å²) in [5.41, 5.74) is 1.61. The molecule has 1 aromatic rings. The van der Waals surface area contributed by atoms with Gasteiger partial charge in [-0.25, -0.2) is 0 Å². The number of benzene rings is 1. The highest BCUT2D eigenvalue weighted by molar-refractivity contribution is 8.22. The Morgan fingerprint density at radius 1 is 1.28 bits per heavy atom. The van der Waals surface area contributed by atoms with E-state index in [1.807, 2.05) is 0 Å². The molecule has 1 fully saturated rings. The minimum atomic E-state index is 0.276. The molecule has 1 atom stereocenters. The lowest BCUT2D eigenvalue weighted by molar-refractivity contribution is -0.943. The molecule has 0 radical (unpaired) electrons. The molecule has 0 bridgehead atoms. The van der Waals surface area contributed by atoms with Crippen LogP contribution in [0.25, 0.3) is 0 Å². The van der Waals surface area contributed by atoms with Crippen molar-refractivity contribution in [1.82, 2.24) is 4.90 Å². The molecule has 1 N–H and O–H groups in total. The minimum Gasteiger partial charge on any atom is -0.306 e. The maximum Gasteiger partial charge on any atom is 0.155 e. The van der Waals surface area contributed by atoms with Crippen LogP contribution in [0.5, 0.6) is 0 Å². The van der Waals surface area contributed by atoms with Crippen molar-refractivity contribution in [3.63, 3.8) is 0 Å². The normalized spacial score (nSPS) is 21.2. The highest BCUT2D eigenvalue weighted by Crippen LogP contribution is 2.15. The summed E-state index contributed by atoms with van der Waals surface area (Å²) in [5, 5.41) is 0. The number of nitrogens with zero attached hydrogens (tertiary/aromatic N) is 1. The lowest BCUT2D eigenvalue weighted by atomic mass is 10.1. The van der Waals surface area contributed by atoms with E-state index in [2.05, 4.69) is 56.0 Å². The van der Waals surface area contributed by atoms with Crippen LogP contribution < -0.4 is 4.90 Å². The minimum absolute atomic E-state index is 0.276. The zero-order valence-corrected chi connectivity index (χ0v) is 12.9. The van der Waals surface area contributed by atoms with E-state index in [4.69, 9.17) is 12.2 Å². The van der Waals surface area contributed by atoms with Crippen LogP contribution in [0.4, 0.5) is 0 Å². The van der Waals surface area contributed by atoms with Crippen LogP contribution in [0, 0.1) is 0 Å². The topological polar surface area (TPSA) is 7.68 Å². The summed E-state index contributed by atoms with van der Waals surface area (Å²) < 4.78 is 1.03. The molecule has 18 heavy (non-hydrogen) atoms. The maximum atomic E-state index is 5.48. The van der Waals surface area contributed by atoms with E-state index in [0.717, 1.165) is 23.4 Å². The second kappa shape index (κ2) is 5.59. The van der Waals surface area contributed by atoms with E-state index in [0.29, 0.717) is 0 Å². The van der Waals surface area contributed by atoms with Gasteiger partial charge in [0.15, 0.2) is 6.67 Å². The molecule has 2 nitrogen and oxygen atoms in total. The Bertz CT molecular complexity index is 412. The number of hydrogen-bond donors (Lipinski definition) is 1. The van der Waals surface area contributed by atoms with E-state index in [-0.39, 0.29) is 5.54 Å². The van der Waals surface area contributed by atoms with Gasteiger partial charge in [0.1, 0.15) is 10.2 Å². The molecule has 1 aliphatic rings. The Kier molecular flexibility index (Phi) is 4.30. The third-order valence-corrected chi connectivity index (χ3v) is 4.90. The zero-order valence-electron chi connectivity index (χ0n) is 11.3. The number of nitrogens with one attached hydrogen (secondary N) is 1. The summed E-state index contributed by atoms with van der Waals surface area (Å²) >= 11 is 7.28. The molecule has 4 heteroatoms. The predicted molar refractivity (Wildman–Crippen MR) is 82.6 cm³/mol. The lowest BCUT2D eigenvalue weighted by Gasteiger charge is -2.40. The molecule has 2 rings (SSSR count). The Labute approximate surface area is 119 Å². The van der Waals surface area contributed by atoms with Gasteiger partial charge in [-0.15, -0.1) is 0 Å². The van der Waals surface area contributed by atoms with Gasteiger partial charge in [0, 0.05) is 6.54 Å². The van der Waals surface area contributed by atoms with Crippen LogP contribution in [0.15, 0.2) is 30.3 Å². The first-order chi connectivity index (χ1) is 8.47. The van der Waals surface area contributed by atoms with Gasteiger partial charge in [-0.3, -0.25) is 0 Å². The zero-order chi connectivity index (χ0) is 13.2. The highest BCUT2D eigenvalue weighted by atomic mass is 32.2. The van der Waals surface area contributed by atoms with Crippen molar-refractivity contribution in [2.45, 2.75) is 32.9 Å². The number of hydrogen-bond acceptors (Lipinski definition) is 2. The van der Waals surface area contributed by atoms with Crippen molar-refractivity contribution >= 4 is 28.3 Å². The van der Waals surface area contributed by atoms with Gasteiger partial charge in [-0.1, -0.05) is 42.5 Å². The third-order valence-electron chi connectivity index (χ3n) is 3.29. The highest BCUT2D eigenvalue weighted by Gasteiger charge is 2.32. The van der Waals surface area contributed by atoms with E-state index in [1.165, 1.54) is 5.56 Å². The van der Waals surface area contributed by atoms with Crippen LogP contribution in [-0.4, -0.2) is 27.3 Å². The molecule has 1 unspecified atom stereocenters. The van der Waals surface area contributed by atoms with Gasteiger partial charge < -0.3 is 9.80 Å². The smallest absolute Gasteiger partial charge is 0.155 e. The summed E-state index contributed by atoms with van der Waals surface area (Å²) in [6, 6.07) is 10.6. The molecule has 98 valence electrons. The largest absolute Gasteiger partial charge is 0.306 e. The van der Waals surface area contributed by atoms with Crippen molar-refractivity contribution in [1.29, 1.82) is 0 Å². The van der Waals surface area contributed by atoms with Crippen molar-refractivity contribution in [3.05, 3.63) is 35.9 Å². The fourth-order valence-corrected chi connectivity index (χ4v) is 3.40. The molecule has 0 spiro atoms. The monoisotopic (exact) mass is 281 g/mol. The lowest BCUT2D eigenvalue weighted by Crippen LogP contribution is -3.20. The fourth-order valence-electron chi connectivity index (χ4n) is 1.96. The molecule has 0 aliphatic carbocycles. The summed E-state index contributed by atoms with van der Waals surface area (Å²) in [4.78, 5) is 3.90. The quantitative estimate of drug-likeness (QED) is 0.831. The van der Waals surface area contributed by atoms with Gasteiger partial charge >= 0.3 is 0 Å². The molecular formula is C14H21N2S2+. The number of rotatable bonds is 2. The third kappa shape index (κ3) is 3.46. The Balaban J connectivity index is 2.05. The van der Waals surface area contributed by atoms with Crippen LogP contribution in [0.1, 0.15) is 26.3 Å². The average molecular weight is 281 g/mol. The first-order valence-corrected chi connectivity index (χ1v) is 7.67. The molecule has 1 saturated heterocycles. The second-order valence-electron chi connectivity index (χ2n) is 5.75. The molecule has 0 saturated carbocycles. The van der Waals surface area contributed by atoms with Crippen molar-refractivity contribution in [2.24, 2.45) is 0 Å². The summed E-state index contributed by atoms with van der Waals surface area (Å²) in [5.74, 6) is 1.08. The van der Waals surface area contributed by atoms with Crippen LogP contribution in [0.3, 0.4) is 0 Å². The van der Waals surface area contributed by atoms with E-state index < -0.39 is 0 Å². The average Bonchev–Trinajstić information content (AvgIpc) is 2.32. The summed E-state index contributed by atoms with van der Waals surface area (Å²) in [6.07, 6.45) is 0. The Morgan fingerprint density at radius 2 is 1.94 bits per heavy atom. The van der Waals surface area contributed by atoms with E-state index >= 15 is 0 Å². The van der Waals surface area contributed by atoms with E-state index in [9.17, 15) is 0 Å². The van der Waals surface area contributed by atoms with Gasteiger partial charge in [0.05, 0.1) is 5.54 Å². The van der Waals surface area contributed by atoms with Crippen molar-refractivity contribution in [2.75, 3.05) is 12.5 Å². The van der Waals surface area contributed by atoms with Gasteiger partial charge in [0.25, 0.3) is 0 Å². The van der Waals surface area contributed by atoms with E-state index in [1.54, 1.807) is 16.7 Å². The van der Waals surface area contributed by atoms with Gasteiger partial charge in [0.2, 0.25) is 0 Å². The second-order valence-corrected chi connectivity index (χ2v) is 7.36. The fraction of sp³-hybridized carbons (Fsp3) is 0.500. The maximum absolute atomic E-state index is 5.48. The molecule has 1 heterocycles.